The van der Waals surface area contributed by atoms with E-state index in [-0.39, 0.29) is 30.6 Å². The van der Waals surface area contributed by atoms with E-state index in [0.29, 0.717) is 10.8 Å². The van der Waals surface area contributed by atoms with Crippen molar-refractivity contribution in [2.75, 3.05) is 19.7 Å². The first-order valence-electron chi connectivity index (χ1n) is 5.26. The molecule has 0 aliphatic carbocycles. The smallest absolute Gasteiger partial charge is 0.233 e. The zero-order valence-corrected chi connectivity index (χ0v) is 11.0. The summed E-state index contributed by atoms with van der Waals surface area (Å²) < 4.78 is 5.30. The van der Waals surface area contributed by atoms with Crippen LogP contribution in [-0.4, -0.2) is 36.8 Å². The highest BCUT2D eigenvalue weighted by atomic mass is 35.5. The highest BCUT2D eigenvalue weighted by Gasteiger charge is 2.10. The first kappa shape index (κ1) is 15.0. The van der Waals surface area contributed by atoms with Crippen molar-refractivity contribution in [3.8, 4) is 5.75 Å². The second-order valence-corrected chi connectivity index (χ2v) is 4.31. The minimum atomic E-state index is -0.851. The number of rotatable bonds is 6. The van der Waals surface area contributed by atoms with E-state index >= 15 is 0 Å². The van der Waals surface area contributed by atoms with Gasteiger partial charge in [0.05, 0.1) is 11.6 Å². The summed E-state index contributed by atoms with van der Waals surface area (Å²) in [7, 11) is 0. The standard InChI is InChI=1S/C11H14Cl2N2O3/c12-8-2-1-3-9(11(8)13)18-6-7(16)5-15-10(17)4-14/h1-3,7,16H,4-6,14H2,(H,15,17). The molecule has 5 nitrogen and oxygen atoms in total. The maximum absolute atomic E-state index is 10.9. The van der Waals surface area contributed by atoms with Gasteiger partial charge >= 0.3 is 0 Å². The second-order valence-electron chi connectivity index (χ2n) is 3.52. The van der Waals surface area contributed by atoms with Crippen molar-refractivity contribution in [1.82, 2.24) is 5.32 Å². The van der Waals surface area contributed by atoms with Crippen LogP contribution < -0.4 is 15.8 Å². The number of ether oxygens (including phenoxy) is 1. The molecule has 0 saturated carbocycles. The molecule has 1 rings (SSSR count). The predicted octanol–water partition coefficient (Wildman–Crippen LogP) is 0.808. The molecular formula is C11H14Cl2N2O3. The number of carbonyl (C=O) groups is 1. The Labute approximate surface area is 115 Å². The van der Waals surface area contributed by atoms with E-state index in [9.17, 15) is 9.90 Å². The molecule has 0 spiro atoms. The summed E-state index contributed by atoms with van der Waals surface area (Å²) in [6, 6.07) is 4.96. The summed E-state index contributed by atoms with van der Waals surface area (Å²) in [6.45, 7) is -0.0627. The van der Waals surface area contributed by atoms with Gasteiger partial charge in [-0.1, -0.05) is 29.3 Å². The van der Waals surface area contributed by atoms with Crippen LogP contribution in [0.2, 0.25) is 10.0 Å². The average molecular weight is 293 g/mol. The summed E-state index contributed by atoms with van der Waals surface area (Å²) in [5.41, 5.74) is 5.10. The topological polar surface area (TPSA) is 84.6 Å². The Morgan fingerprint density at radius 1 is 1.50 bits per heavy atom. The zero-order valence-electron chi connectivity index (χ0n) is 9.53. The lowest BCUT2D eigenvalue weighted by molar-refractivity contribution is -0.120. The molecule has 0 bridgehead atoms. The van der Waals surface area contributed by atoms with Gasteiger partial charge in [-0.2, -0.15) is 0 Å². The Hall–Kier alpha value is -1.01. The SMILES string of the molecule is NCC(=O)NCC(O)COc1cccc(Cl)c1Cl. The fourth-order valence-corrected chi connectivity index (χ4v) is 1.49. The Bertz CT molecular complexity index is 415. The number of aliphatic hydroxyl groups excluding tert-OH is 1. The van der Waals surface area contributed by atoms with Gasteiger partial charge in [0.2, 0.25) is 5.91 Å². The molecule has 18 heavy (non-hydrogen) atoms. The number of hydrogen-bond acceptors (Lipinski definition) is 4. The molecule has 1 unspecified atom stereocenters. The monoisotopic (exact) mass is 292 g/mol. The van der Waals surface area contributed by atoms with Gasteiger partial charge in [0.25, 0.3) is 0 Å². The minimum Gasteiger partial charge on any atom is -0.489 e. The summed E-state index contributed by atoms with van der Waals surface area (Å²) in [5, 5.41) is 12.7. The molecule has 1 atom stereocenters. The number of nitrogens with one attached hydrogen (secondary N) is 1. The molecule has 1 aromatic carbocycles. The van der Waals surface area contributed by atoms with Gasteiger partial charge in [-0.15, -0.1) is 0 Å². The van der Waals surface area contributed by atoms with Gasteiger partial charge in [-0.25, -0.2) is 0 Å². The van der Waals surface area contributed by atoms with E-state index in [2.05, 4.69) is 5.32 Å². The Morgan fingerprint density at radius 3 is 2.89 bits per heavy atom. The van der Waals surface area contributed by atoms with Crippen LogP contribution in [0.3, 0.4) is 0 Å². The molecule has 0 aromatic heterocycles. The molecule has 4 N–H and O–H groups in total. The molecule has 0 aliphatic rings. The summed E-state index contributed by atoms with van der Waals surface area (Å²) in [4.78, 5) is 10.9. The molecule has 0 aliphatic heterocycles. The first-order valence-corrected chi connectivity index (χ1v) is 6.01. The van der Waals surface area contributed by atoms with Gasteiger partial charge in [0.15, 0.2) is 0 Å². The fourth-order valence-electron chi connectivity index (χ4n) is 1.14. The summed E-state index contributed by atoms with van der Waals surface area (Å²) in [6.07, 6.45) is -0.851. The molecule has 7 heteroatoms. The maximum atomic E-state index is 10.9. The van der Waals surface area contributed by atoms with Crippen LogP contribution in [0.25, 0.3) is 0 Å². The number of carbonyl (C=O) groups excluding carboxylic acids is 1. The first-order chi connectivity index (χ1) is 8.54. The minimum absolute atomic E-state index is 0.00901. The number of aliphatic hydroxyl groups is 1. The van der Waals surface area contributed by atoms with Crippen LogP contribution in [0.5, 0.6) is 5.75 Å². The van der Waals surface area contributed by atoms with Crippen molar-refractivity contribution in [3.63, 3.8) is 0 Å². The summed E-state index contributed by atoms with van der Waals surface area (Å²) >= 11 is 11.7. The lowest BCUT2D eigenvalue weighted by Gasteiger charge is -2.14. The van der Waals surface area contributed by atoms with Crippen molar-refractivity contribution in [1.29, 1.82) is 0 Å². The molecular weight excluding hydrogens is 279 g/mol. The van der Waals surface area contributed by atoms with Crippen molar-refractivity contribution >= 4 is 29.1 Å². The Kier molecular flexibility index (Phi) is 6.21. The molecule has 100 valence electrons. The van der Waals surface area contributed by atoms with E-state index in [1.165, 1.54) is 0 Å². The van der Waals surface area contributed by atoms with E-state index < -0.39 is 6.10 Å². The molecule has 1 amide bonds. The number of halogens is 2. The Morgan fingerprint density at radius 2 is 2.22 bits per heavy atom. The van der Waals surface area contributed by atoms with Crippen LogP contribution in [0.1, 0.15) is 0 Å². The third kappa shape index (κ3) is 4.70. The van der Waals surface area contributed by atoms with Crippen LogP contribution >= 0.6 is 23.2 Å². The number of hydrogen-bond donors (Lipinski definition) is 3. The van der Waals surface area contributed by atoms with Crippen molar-refractivity contribution < 1.29 is 14.6 Å². The van der Waals surface area contributed by atoms with E-state index in [1.54, 1.807) is 18.2 Å². The highest BCUT2D eigenvalue weighted by molar-refractivity contribution is 6.42. The van der Waals surface area contributed by atoms with Crippen molar-refractivity contribution in [3.05, 3.63) is 28.2 Å². The van der Waals surface area contributed by atoms with Gasteiger partial charge < -0.3 is 20.9 Å². The number of amides is 1. The molecule has 0 radical (unpaired) electrons. The van der Waals surface area contributed by atoms with Crippen LogP contribution in [0.4, 0.5) is 0 Å². The van der Waals surface area contributed by atoms with Gasteiger partial charge in [-0.3, -0.25) is 4.79 Å². The van der Waals surface area contributed by atoms with Crippen LogP contribution in [0.15, 0.2) is 18.2 Å². The zero-order chi connectivity index (χ0) is 13.5. The van der Waals surface area contributed by atoms with E-state index in [1.807, 2.05) is 0 Å². The summed E-state index contributed by atoms with van der Waals surface area (Å²) in [5.74, 6) is 0.0446. The second kappa shape index (κ2) is 7.43. The molecule has 0 saturated heterocycles. The molecule has 0 heterocycles. The number of nitrogens with two attached hydrogens (primary N) is 1. The van der Waals surface area contributed by atoms with E-state index in [4.69, 9.17) is 33.7 Å². The predicted molar refractivity (Wildman–Crippen MR) is 70.0 cm³/mol. The fraction of sp³-hybridized carbons (Fsp3) is 0.364. The number of benzene rings is 1. The maximum Gasteiger partial charge on any atom is 0.233 e. The van der Waals surface area contributed by atoms with E-state index in [0.717, 1.165) is 0 Å². The van der Waals surface area contributed by atoms with Crippen LogP contribution in [-0.2, 0) is 4.79 Å². The van der Waals surface area contributed by atoms with Gasteiger partial charge in [0, 0.05) is 6.54 Å². The van der Waals surface area contributed by atoms with Crippen molar-refractivity contribution in [2.45, 2.75) is 6.10 Å². The van der Waals surface area contributed by atoms with Gasteiger partial charge in [-0.05, 0) is 12.1 Å². The largest absolute Gasteiger partial charge is 0.489 e. The normalized spacial score (nSPS) is 12.0. The van der Waals surface area contributed by atoms with Crippen molar-refractivity contribution in [2.24, 2.45) is 5.73 Å². The Balaban J connectivity index is 2.40. The highest BCUT2D eigenvalue weighted by Crippen LogP contribution is 2.31. The quantitative estimate of drug-likeness (QED) is 0.724. The molecule has 0 fully saturated rings. The lowest BCUT2D eigenvalue weighted by Crippen LogP contribution is -2.38. The lowest BCUT2D eigenvalue weighted by atomic mass is 10.3. The third-order valence-corrected chi connectivity index (χ3v) is 2.87. The third-order valence-electron chi connectivity index (χ3n) is 2.07. The van der Waals surface area contributed by atoms with Crippen LogP contribution in [0, 0.1) is 0 Å². The average Bonchev–Trinajstić information content (AvgIpc) is 2.37. The van der Waals surface area contributed by atoms with Gasteiger partial charge in [0.1, 0.15) is 23.5 Å². The molecule has 1 aromatic rings.